The van der Waals surface area contributed by atoms with Crippen LogP contribution in [0.3, 0.4) is 0 Å². The monoisotopic (exact) mass is 240 g/mol. The van der Waals surface area contributed by atoms with Gasteiger partial charge in [0.25, 0.3) is 0 Å². The molecule has 3 atom stereocenters. The van der Waals surface area contributed by atoms with Crippen molar-refractivity contribution in [2.45, 2.75) is 25.8 Å². The number of hydrogen-bond acceptors (Lipinski definition) is 3. The van der Waals surface area contributed by atoms with E-state index in [1.807, 2.05) is 4.90 Å². The van der Waals surface area contributed by atoms with Crippen LogP contribution in [0.15, 0.2) is 0 Å². The fourth-order valence-corrected chi connectivity index (χ4v) is 2.56. The predicted octanol–water partition coefficient (Wildman–Crippen LogP) is 0.260. The number of piperazine rings is 1. The second-order valence-corrected chi connectivity index (χ2v) is 5.11. The van der Waals surface area contributed by atoms with Crippen molar-refractivity contribution in [3.8, 4) is 0 Å². The first-order valence-corrected chi connectivity index (χ1v) is 6.26. The topological polar surface area (TPSA) is 60.9 Å². The van der Waals surface area contributed by atoms with Crippen molar-refractivity contribution < 1.29 is 14.7 Å². The molecular formula is C12H20N2O3. The van der Waals surface area contributed by atoms with Gasteiger partial charge >= 0.3 is 5.97 Å². The van der Waals surface area contributed by atoms with Crippen molar-refractivity contribution in [2.75, 3.05) is 26.7 Å². The van der Waals surface area contributed by atoms with Crippen molar-refractivity contribution >= 4 is 11.9 Å². The van der Waals surface area contributed by atoms with E-state index < -0.39 is 11.9 Å². The molecule has 1 unspecified atom stereocenters. The van der Waals surface area contributed by atoms with Crippen molar-refractivity contribution in [1.29, 1.82) is 0 Å². The zero-order chi connectivity index (χ0) is 12.6. The van der Waals surface area contributed by atoms with Gasteiger partial charge in [-0.05, 0) is 19.9 Å². The lowest BCUT2D eigenvalue weighted by molar-refractivity contribution is -0.142. The zero-order valence-electron chi connectivity index (χ0n) is 10.4. The molecule has 0 aromatic heterocycles. The maximum Gasteiger partial charge on any atom is 0.307 e. The van der Waals surface area contributed by atoms with Crippen LogP contribution in [0.4, 0.5) is 0 Å². The SMILES string of the molecule is CCC1CN(C(=O)[C@@H]2C[C@@H]2C(=O)O)CCN1C. The van der Waals surface area contributed by atoms with Gasteiger partial charge in [0.15, 0.2) is 0 Å². The summed E-state index contributed by atoms with van der Waals surface area (Å²) in [6.07, 6.45) is 1.55. The standard InChI is InChI=1S/C12H20N2O3/c1-3-8-7-14(5-4-13(8)2)11(15)9-6-10(9)12(16)17/h8-10H,3-7H2,1-2H3,(H,16,17)/t8?,9-,10+/m1/s1. The zero-order valence-corrected chi connectivity index (χ0v) is 10.4. The van der Waals surface area contributed by atoms with E-state index >= 15 is 0 Å². The number of likely N-dealkylation sites (N-methyl/N-ethyl adjacent to an activating group) is 1. The molecule has 96 valence electrons. The molecule has 5 heteroatoms. The minimum atomic E-state index is -0.829. The molecule has 1 saturated heterocycles. The minimum absolute atomic E-state index is 0.0453. The van der Waals surface area contributed by atoms with Gasteiger partial charge in [0.05, 0.1) is 11.8 Å². The van der Waals surface area contributed by atoms with Crippen LogP contribution in [0, 0.1) is 11.8 Å². The summed E-state index contributed by atoms with van der Waals surface area (Å²) in [6, 6.07) is 0.412. The third-order valence-electron chi connectivity index (χ3n) is 3.98. The summed E-state index contributed by atoms with van der Waals surface area (Å²) in [5.74, 6) is -1.47. The molecule has 1 amide bonds. The molecule has 2 rings (SSSR count). The lowest BCUT2D eigenvalue weighted by Crippen LogP contribution is -2.53. The first-order valence-electron chi connectivity index (χ1n) is 6.26. The maximum absolute atomic E-state index is 12.1. The molecule has 5 nitrogen and oxygen atoms in total. The molecule has 1 heterocycles. The highest BCUT2D eigenvalue weighted by atomic mass is 16.4. The van der Waals surface area contributed by atoms with Gasteiger partial charge in [-0.3, -0.25) is 14.5 Å². The fourth-order valence-electron chi connectivity index (χ4n) is 2.56. The minimum Gasteiger partial charge on any atom is -0.481 e. The quantitative estimate of drug-likeness (QED) is 0.768. The smallest absolute Gasteiger partial charge is 0.307 e. The average Bonchev–Trinajstić information content (AvgIpc) is 3.08. The highest BCUT2D eigenvalue weighted by Gasteiger charge is 2.50. The normalized spacial score (nSPS) is 33.5. The number of carbonyl (C=O) groups excluding carboxylic acids is 1. The molecule has 1 saturated carbocycles. The Bertz CT molecular complexity index is 332. The molecule has 0 radical (unpaired) electrons. The Morgan fingerprint density at radius 2 is 2.00 bits per heavy atom. The summed E-state index contributed by atoms with van der Waals surface area (Å²) in [4.78, 5) is 27.0. The Morgan fingerprint density at radius 1 is 1.29 bits per heavy atom. The Hall–Kier alpha value is -1.10. The number of hydrogen-bond donors (Lipinski definition) is 1. The van der Waals surface area contributed by atoms with Crippen LogP contribution < -0.4 is 0 Å². The maximum atomic E-state index is 12.1. The molecule has 1 N–H and O–H groups in total. The summed E-state index contributed by atoms with van der Waals surface area (Å²) >= 11 is 0. The van der Waals surface area contributed by atoms with E-state index in [4.69, 9.17) is 5.11 Å². The second kappa shape index (κ2) is 4.64. The third kappa shape index (κ3) is 2.44. The Morgan fingerprint density at radius 3 is 2.53 bits per heavy atom. The highest BCUT2D eigenvalue weighted by molar-refractivity contribution is 5.89. The molecule has 0 aromatic carbocycles. The van der Waals surface area contributed by atoms with E-state index in [0.717, 1.165) is 26.1 Å². The molecule has 0 spiro atoms. The van der Waals surface area contributed by atoms with Crippen LogP contribution >= 0.6 is 0 Å². The van der Waals surface area contributed by atoms with Gasteiger partial charge in [-0.1, -0.05) is 6.92 Å². The van der Waals surface area contributed by atoms with Crippen LogP contribution in [0.1, 0.15) is 19.8 Å². The van der Waals surface area contributed by atoms with Gasteiger partial charge in [-0.2, -0.15) is 0 Å². The summed E-state index contributed by atoms with van der Waals surface area (Å²) in [5.41, 5.74) is 0. The van der Waals surface area contributed by atoms with Crippen LogP contribution in [-0.2, 0) is 9.59 Å². The highest BCUT2D eigenvalue weighted by Crippen LogP contribution is 2.40. The summed E-state index contributed by atoms with van der Waals surface area (Å²) in [5, 5.41) is 8.83. The van der Waals surface area contributed by atoms with Crippen LogP contribution in [0.5, 0.6) is 0 Å². The number of rotatable bonds is 3. The summed E-state index contributed by atoms with van der Waals surface area (Å²) < 4.78 is 0. The molecule has 17 heavy (non-hydrogen) atoms. The van der Waals surface area contributed by atoms with Gasteiger partial charge in [0, 0.05) is 25.7 Å². The van der Waals surface area contributed by atoms with Gasteiger partial charge in [-0.25, -0.2) is 0 Å². The van der Waals surface area contributed by atoms with E-state index in [1.165, 1.54) is 0 Å². The lowest BCUT2D eigenvalue weighted by Gasteiger charge is -2.39. The van der Waals surface area contributed by atoms with Gasteiger partial charge in [0.1, 0.15) is 0 Å². The molecule has 2 fully saturated rings. The number of amides is 1. The van der Waals surface area contributed by atoms with E-state index in [1.54, 1.807) is 0 Å². The molecular weight excluding hydrogens is 220 g/mol. The summed E-state index contributed by atoms with van der Waals surface area (Å²) in [6.45, 7) is 4.48. The molecule has 0 bridgehead atoms. The van der Waals surface area contributed by atoms with Crippen LogP contribution in [-0.4, -0.2) is 59.5 Å². The van der Waals surface area contributed by atoms with Crippen molar-refractivity contribution in [2.24, 2.45) is 11.8 Å². The number of aliphatic carboxylic acids is 1. The number of nitrogens with zero attached hydrogens (tertiary/aromatic N) is 2. The summed E-state index contributed by atoms with van der Waals surface area (Å²) in [7, 11) is 2.08. The van der Waals surface area contributed by atoms with Gasteiger partial charge in [-0.15, -0.1) is 0 Å². The molecule has 1 aliphatic heterocycles. The van der Waals surface area contributed by atoms with Crippen molar-refractivity contribution in [3.63, 3.8) is 0 Å². The largest absolute Gasteiger partial charge is 0.481 e. The first-order chi connectivity index (χ1) is 8.04. The lowest BCUT2D eigenvalue weighted by atomic mass is 10.1. The van der Waals surface area contributed by atoms with Crippen molar-refractivity contribution in [3.05, 3.63) is 0 Å². The van der Waals surface area contributed by atoms with Crippen molar-refractivity contribution in [1.82, 2.24) is 9.80 Å². The van der Waals surface area contributed by atoms with E-state index in [2.05, 4.69) is 18.9 Å². The van der Waals surface area contributed by atoms with Crippen LogP contribution in [0.2, 0.25) is 0 Å². The van der Waals surface area contributed by atoms with E-state index in [-0.39, 0.29) is 11.8 Å². The number of carboxylic acid groups (broad SMARTS) is 1. The fraction of sp³-hybridized carbons (Fsp3) is 0.833. The predicted molar refractivity (Wildman–Crippen MR) is 62.5 cm³/mol. The molecule has 2 aliphatic rings. The Kier molecular flexibility index (Phi) is 3.38. The van der Waals surface area contributed by atoms with Gasteiger partial charge < -0.3 is 10.0 Å². The number of carbonyl (C=O) groups is 2. The van der Waals surface area contributed by atoms with Crippen LogP contribution in [0.25, 0.3) is 0 Å². The Balaban J connectivity index is 1.91. The molecule has 0 aromatic rings. The van der Waals surface area contributed by atoms with Gasteiger partial charge in [0.2, 0.25) is 5.91 Å². The first kappa shape index (κ1) is 12.4. The second-order valence-electron chi connectivity index (χ2n) is 5.11. The average molecular weight is 240 g/mol. The number of carboxylic acids is 1. The van der Waals surface area contributed by atoms with E-state index in [9.17, 15) is 9.59 Å². The van der Waals surface area contributed by atoms with E-state index in [0.29, 0.717) is 12.5 Å². The molecule has 1 aliphatic carbocycles. The Labute approximate surface area is 101 Å². The third-order valence-corrected chi connectivity index (χ3v) is 3.98.